The van der Waals surface area contributed by atoms with Crippen molar-refractivity contribution in [2.75, 3.05) is 4.90 Å². The summed E-state index contributed by atoms with van der Waals surface area (Å²) in [5.74, 6) is 0.731. The average Bonchev–Trinajstić information content (AvgIpc) is 2.77. The lowest BCUT2D eigenvalue weighted by molar-refractivity contribution is 1.19. The highest BCUT2D eigenvalue weighted by Gasteiger charge is 2.08. The molecule has 0 N–H and O–H groups in total. The van der Waals surface area contributed by atoms with Crippen molar-refractivity contribution in [2.45, 2.75) is 13.8 Å². The molecule has 0 aromatic carbocycles. The van der Waals surface area contributed by atoms with Crippen LogP contribution in [0.2, 0.25) is 0 Å². The minimum Gasteiger partial charge on any atom is -0.300 e. The third-order valence-corrected chi connectivity index (χ3v) is 2.67. The molecule has 0 aliphatic rings. The third kappa shape index (κ3) is 2.67. The highest BCUT2D eigenvalue weighted by Crippen LogP contribution is 2.22. The molecule has 0 radical (unpaired) electrons. The summed E-state index contributed by atoms with van der Waals surface area (Å²) in [6, 6.07) is 0. The summed E-state index contributed by atoms with van der Waals surface area (Å²) >= 11 is 1.32. The molecule has 0 aliphatic heterocycles. The van der Waals surface area contributed by atoms with E-state index < -0.39 is 0 Å². The second-order valence-electron chi connectivity index (χ2n) is 2.92. The van der Waals surface area contributed by atoms with Crippen LogP contribution < -0.4 is 4.90 Å². The lowest BCUT2D eigenvalue weighted by atomic mass is 10.2. The maximum absolute atomic E-state index is 4.41. The van der Waals surface area contributed by atoms with Gasteiger partial charge in [-0.2, -0.15) is 9.36 Å². The van der Waals surface area contributed by atoms with Crippen LogP contribution in [-0.2, 0) is 0 Å². The lowest BCUT2D eigenvalue weighted by Crippen LogP contribution is -2.04. The molecule has 84 valence electrons. The van der Waals surface area contributed by atoms with Crippen molar-refractivity contribution in [1.29, 1.82) is 0 Å². The van der Waals surface area contributed by atoms with Crippen molar-refractivity contribution < 1.29 is 0 Å². The van der Waals surface area contributed by atoms with E-state index in [0.717, 1.165) is 16.5 Å². The summed E-state index contributed by atoms with van der Waals surface area (Å²) in [7, 11) is 0. The van der Waals surface area contributed by atoms with Gasteiger partial charge in [-0.15, -0.1) is 0 Å². The molecule has 0 fully saturated rings. The predicted molar refractivity (Wildman–Crippen MR) is 71.2 cm³/mol. The van der Waals surface area contributed by atoms with Crippen LogP contribution in [0.4, 0.5) is 5.13 Å². The Labute approximate surface area is 100 Å². The van der Waals surface area contributed by atoms with Gasteiger partial charge in [0.15, 0.2) is 5.82 Å². The molecule has 1 aromatic heterocycles. The Morgan fingerprint density at radius 1 is 1.31 bits per heavy atom. The van der Waals surface area contributed by atoms with Gasteiger partial charge in [-0.05, 0) is 13.8 Å². The van der Waals surface area contributed by atoms with Crippen molar-refractivity contribution >= 4 is 22.2 Å². The highest BCUT2D eigenvalue weighted by molar-refractivity contribution is 7.09. The van der Waals surface area contributed by atoms with Crippen molar-refractivity contribution in [3.05, 3.63) is 49.6 Å². The number of hydrogen-bond acceptors (Lipinski definition) is 4. The summed E-state index contributed by atoms with van der Waals surface area (Å²) in [6.07, 6.45) is 9.25. The Balaban J connectivity index is 3.02. The van der Waals surface area contributed by atoms with E-state index in [0.29, 0.717) is 0 Å². The number of anilines is 1. The Hall–Kier alpha value is -1.68. The molecule has 3 nitrogen and oxygen atoms in total. The zero-order valence-electron chi connectivity index (χ0n) is 9.55. The van der Waals surface area contributed by atoms with Crippen molar-refractivity contribution in [3.63, 3.8) is 0 Å². The number of allylic oxidation sites excluding steroid dienone is 4. The first-order chi connectivity index (χ1) is 7.76. The molecule has 1 aromatic rings. The third-order valence-electron chi connectivity index (χ3n) is 1.95. The fraction of sp³-hybridized carbons (Fsp3) is 0.167. The van der Waals surface area contributed by atoms with Gasteiger partial charge in [0.2, 0.25) is 5.13 Å². The lowest BCUT2D eigenvalue weighted by Gasteiger charge is -2.07. The SMILES string of the molecule is C=CN(C=C)c1nc(C(/C=C\C)=C/C)ns1. The molecule has 0 atom stereocenters. The second kappa shape index (κ2) is 6.02. The molecule has 0 amide bonds. The summed E-state index contributed by atoms with van der Waals surface area (Å²) in [4.78, 5) is 6.15. The summed E-state index contributed by atoms with van der Waals surface area (Å²) in [5.41, 5.74) is 1.01. The number of nitrogens with zero attached hydrogens (tertiary/aromatic N) is 3. The molecule has 1 rings (SSSR count). The first-order valence-corrected chi connectivity index (χ1v) is 5.70. The quantitative estimate of drug-likeness (QED) is 0.727. The second-order valence-corrected chi connectivity index (χ2v) is 3.65. The van der Waals surface area contributed by atoms with Crippen LogP contribution in [0.15, 0.2) is 43.8 Å². The van der Waals surface area contributed by atoms with Crippen LogP contribution >= 0.6 is 11.5 Å². The largest absolute Gasteiger partial charge is 0.300 e. The number of rotatable bonds is 5. The Bertz CT molecular complexity index is 421. The molecule has 0 aliphatic carbocycles. The topological polar surface area (TPSA) is 29.0 Å². The normalized spacial score (nSPS) is 11.8. The van der Waals surface area contributed by atoms with E-state index in [2.05, 4.69) is 22.5 Å². The molecule has 0 saturated carbocycles. The van der Waals surface area contributed by atoms with Crippen molar-refractivity contribution in [1.82, 2.24) is 9.36 Å². The van der Waals surface area contributed by atoms with Crippen LogP contribution in [0.1, 0.15) is 19.7 Å². The van der Waals surface area contributed by atoms with Gasteiger partial charge < -0.3 is 4.90 Å². The van der Waals surface area contributed by atoms with E-state index in [4.69, 9.17) is 0 Å². The zero-order chi connectivity index (χ0) is 12.0. The monoisotopic (exact) mass is 233 g/mol. The van der Waals surface area contributed by atoms with E-state index in [1.807, 2.05) is 32.1 Å². The summed E-state index contributed by atoms with van der Waals surface area (Å²) in [5, 5.41) is 0.767. The standard InChI is InChI=1S/C12H15N3S/c1-5-9-10(6-2)11-13-12(16-14-11)15(7-3)8-4/h5-9H,3-4H2,1-2H3/b9-5-,10-6+. The van der Waals surface area contributed by atoms with Gasteiger partial charge in [0, 0.05) is 29.5 Å². The summed E-state index contributed by atoms with van der Waals surface area (Å²) in [6.45, 7) is 11.3. The highest BCUT2D eigenvalue weighted by atomic mass is 32.1. The minimum absolute atomic E-state index is 0.731. The molecular formula is C12H15N3S. The van der Waals surface area contributed by atoms with E-state index in [-0.39, 0.29) is 0 Å². The fourth-order valence-electron chi connectivity index (χ4n) is 1.15. The molecule has 0 saturated heterocycles. The zero-order valence-corrected chi connectivity index (χ0v) is 10.4. The molecule has 1 heterocycles. The molecular weight excluding hydrogens is 218 g/mol. The number of aromatic nitrogens is 2. The maximum atomic E-state index is 4.41. The first kappa shape index (κ1) is 12.4. The van der Waals surface area contributed by atoms with Gasteiger partial charge in [-0.1, -0.05) is 31.4 Å². The van der Waals surface area contributed by atoms with Crippen LogP contribution in [0.3, 0.4) is 0 Å². The van der Waals surface area contributed by atoms with Crippen LogP contribution in [0.25, 0.3) is 5.57 Å². The maximum Gasteiger partial charge on any atom is 0.213 e. The van der Waals surface area contributed by atoms with Gasteiger partial charge in [-0.25, -0.2) is 0 Å². The van der Waals surface area contributed by atoms with Gasteiger partial charge in [0.05, 0.1) is 0 Å². The molecule has 0 spiro atoms. The Morgan fingerprint density at radius 2 is 2.00 bits per heavy atom. The smallest absolute Gasteiger partial charge is 0.213 e. The van der Waals surface area contributed by atoms with Crippen molar-refractivity contribution in [2.24, 2.45) is 0 Å². The van der Waals surface area contributed by atoms with E-state index in [1.54, 1.807) is 17.3 Å². The Morgan fingerprint density at radius 3 is 2.50 bits per heavy atom. The molecule has 0 unspecified atom stereocenters. The molecule has 0 bridgehead atoms. The number of hydrogen-bond donors (Lipinski definition) is 0. The van der Waals surface area contributed by atoms with E-state index in [9.17, 15) is 0 Å². The Kier molecular flexibility index (Phi) is 4.66. The fourth-order valence-corrected chi connectivity index (χ4v) is 1.83. The van der Waals surface area contributed by atoms with Crippen molar-refractivity contribution in [3.8, 4) is 0 Å². The van der Waals surface area contributed by atoms with Gasteiger partial charge in [-0.3, -0.25) is 0 Å². The first-order valence-electron chi connectivity index (χ1n) is 4.93. The molecule has 16 heavy (non-hydrogen) atoms. The average molecular weight is 233 g/mol. The van der Waals surface area contributed by atoms with E-state index >= 15 is 0 Å². The minimum atomic E-state index is 0.731. The summed E-state index contributed by atoms with van der Waals surface area (Å²) < 4.78 is 4.30. The van der Waals surface area contributed by atoms with E-state index in [1.165, 1.54) is 11.5 Å². The molecule has 4 heteroatoms. The van der Waals surface area contributed by atoms with Crippen LogP contribution in [0, 0.1) is 0 Å². The van der Waals surface area contributed by atoms with Gasteiger partial charge >= 0.3 is 0 Å². The van der Waals surface area contributed by atoms with Gasteiger partial charge in [0.1, 0.15) is 0 Å². The van der Waals surface area contributed by atoms with Crippen LogP contribution in [0.5, 0.6) is 0 Å². The van der Waals surface area contributed by atoms with Gasteiger partial charge in [0.25, 0.3) is 0 Å². The predicted octanol–water partition coefficient (Wildman–Crippen LogP) is 3.61. The van der Waals surface area contributed by atoms with Crippen LogP contribution in [-0.4, -0.2) is 9.36 Å².